The molecule has 0 saturated carbocycles. The highest BCUT2D eigenvalue weighted by molar-refractivity contribution is 5.95. The van der Waals surface area contributed by atoms with E-state index < -0.39 is 0 Å². The topological polar surface area (TPSA) is 81.6 Å². The monoisotopic (exact) mass is 317 g/mol. The number of piperidine rings is 1. The Bertz CT molecular complexity index is 722. The van der Waals surface area contributed by atoms with Gasteiger partial charge in [-0.05, 0) is 31.7 Å². The molecular formula is C16H19N3O4. The van der Waals surface area contributed by atoms with Gasteiger partial charge in [-0.2, -0.15) is 4.98 Å². The largest absolute Gasteiger partial charge is 0.469 e. The van der Waals surface area contributed by atoms with Crippen molar-refractivity contribution in [2.24, 2.45) is 5.92 Å². The smallest absolute Gasteiger partial charge is 0.257 e. The number of carbonyl (C=O) groups is 1. The molecule has 0 spiro atoms. The number of likely N-dealkylation sites (tertiary alicyclic amines) is 1. The average Bonchev–Trinajstić information content (AvgIpc) is 3.24. The van der Waals surface area contributed by atoms with E-state index in [1.165, 1.54) is 0 Å². The summed E-state index contributed by atoms with van der Waals surface area (Å²) in [5.74, 6) is 2.27. The van der Waals surface area contributed by atoms with Gasteiger partial charge in [-0.15, -0.1) is 0 Å². The number of ether oxygens (including phenoxy) is 1. The van der Waals surface area contributed by atoms with Crippen molar-refractivity contribution in [3.63, 3.8) is 0 Å². The SMILES string of the molecule is Cc1nc([C@@H]2C[C@@H]3CCN(C(=O)c4ccoc4C)C[C@H]3O2)no1. The van der Waals surface area contributed by atoms with Crippen LogP contribution in [-0.4, -0.2) is 40.1 Å². The molecular weight excluding hydrogens is 298 g/mol. The molecule has 0 unspecified atom stereocenters. The van der Waals surface area contributed by atoms with Crippen LogP contribution in [0.2, 0.25) is 0 Å². The van der Waals surface area contributed by atoms with E-state index in [-0.39, 0.29) is 18.1 Å². The number of furan rings is 1. The molecule has 0 N–H and O–H groups in total. The Hall–Kier alpha value is -2.15. The lowest BCUT2D eigenvalue weighted by atomic mass is 9.91. The van der Waals surface area contributed by atoms with Crippen LogP contribution in [0, 0.1) is 19.8 Å². The Labute approximate surface area is 133 Å². The Morgan fingerprint density at radius 1 is 1.39 bits per heavy atom. The van der Waals surface area contributed by atoms with Crippen LogP contribution in [0.5, 0.6) is 0 Å². The normalized spacial score (nSPS) is 27.2. The van der Waals surface area contributed by atoms with Gasteiger partial charge in [0.15, 0.2) is 0 Å². The second-order valence-corrected chi connectivity index (χ2v) is 6.26. The van der Waals surface area contributed by atoms with Crippen LogP contribution in [0.25, 0.3) is 0 Å². The van der Waals surface area contributed by atoms with Crippen molar-refractivity contribution in [2.75, 3.05) is 13.1 Å². The quantitative estimate of drug-likeness (QED) is 0.845. The molecule has 3 atom stereocenters. The predicted octanol–water partition coefficient (Wildman–Crippen LogP) is 2.27. The summed E-state index contributed by atoms with van der Waals surface area (Å²) in [7, 11) is 0. The van der Waals surface area contributed by atoms with Crippen LogP contribution < -0.4 is 0 Å². The summed E-state index contributed by atoms with van der Waals surface area (Å²) in [6.07, 6.45) is 3.27. The molecule has 0 radical (unpaired) electrons. The van der Waals surface area contributed by atoms with Crippen molar-refractivity contribution in [2.45, 2.75) is 38.9 Å². The van der Waals surface area contributed by atoms with Crippen molar-refractivity contribution in [1.82, 2.24) is 15.0 Å². The number of rotatable bonds is 2. The standard InChI is InChI=1S/C16H19N3O4/c1-9-12(4-6-21-9)16(20)19-5-3-11-7-13(22-14(11)8-19)15-17-10(2)23-18-15/h4,6,11,13-14H,3,5,7-8H2,1-2H3/t11-,13-,14+/m0/s1. The fourth-order valence-corrected chi connectivity index (χ4v) is 3.50. The zero-order valence-corrected chi connectivity index (χ0v) is 13.2. The Morgan fingerprint density at radius 3 is 2.96 bits per heavy atom. The number of carbonyl (C=O) groups excluding carboxylic acids is 1. The van der Waals surface area contributed by atoms with Crippen molar-refractivity contribution in [3.05, 3.63) is 35.4 Å². The summed E-state index contributed by atoms with van der Waals surface area (Å²) < 4.78 is 16.4. The Morgan fingerprint density at radius 2 is 2.26 bits per heavy atom. The molecule has 122 valence electrons. The van der Waals surface area contributed by atoms with Crippen molar-refractivity contribution in [3.8, 4) is 0 Å². The molecule has 1 amide bonds. The number of hydrogen-bond acceptors (Lipinski definition) is 6. The lowest BCUT2D eigenvalue weighted by Crippen LogP contribution is -2.45. The third-order valence-corrected chi connectivity index (χ3v) is 4.76. The number of hydrogen-bond donors (Lipinski definition) is 0. The van der Waals surface area contributed by atoms with E-state index in [1.807, 2.05) is 4.90 Å². The molecule has 0 aromatic carbocycles. The van der Waals surface area contributed by atoms with Crippen LogP contribution in [0.1, 0.15) is 46.8 Å². The van der Waals surface area contributed by atoms with Crippen LogP contribution >= 0.6 is 0 Å². The van der Waals surface area contributed by atoms with Gasteiger partial charge in [0.1, 0.15) is 11.9 Å². The summed E-state index contributed by atoms with van der Waals surface area (Å²) in [5, 5.41) is 3.96. The number of nitrogens with zero attached hydrogens (tertiary/aromatic N) is 3. The van der Waals surface area contributed by atoms with Gasteiger partial charge in [0, 0.05) is 20.0 Å². The molecule has 2 aromatic heterocycles. The van der Waals surface area contributed by atoms with Crippen molar-refractivity contribution >= 4 is 5.91 Å². The first-order valence-corrected chi connectivity index (χ1v) is 7.91. The number of amides is 1. The first kappa shape index (κ1) is 14.4. The molecule has 2 aliphatic heterocycles. The maximum absolute atomic E-state index is 12.6. The van der Waals surface area contributed by atoms with Crippen LogP contribution in [0.3, 0.4) is 0 Å². The molecule has 7 nitrogen and oxygen atoms in total. The molecule has 0 aliphatic carbocycles. The zero-order valence-electron chi connectivity index (χ0n) is 13.2. The van der Waals surface area contributed by atoms with E-state index in [9.17, 15) is 4.79 Å². The van der Waals surface area contributed by atoms with Gasteiger partial charge in [-0.3, -0.25) is 4.79 Å². The first-order valence-electron chi connectivity index (χ1n) is 7.91. The van der Waals surface area contributed by atoms with Crippen LogP contribution in [0.4, 0.5) is 0 Å². The van der Waals surface area contributed by atoms with Crippen molar-refractivity contribution in [1.29, 1.82) is 0 Å². The summed E-state index contributed by atoms with van der Waals surface area (Å²) in [6.45, 7) is 4.92. The van der Waals surface area contributed by atoms with Gasteiger partial charge in [-0.1, -0.05) is 5.16 Å². The molecule has 4 heterocycles. The van der Waals surface area contributed by atoms with Gasteiger partial charge in [0.05, 0.1) is 17.9 Å². The second-order valence-electron chi connectivity index (χ2n) is 6.26. The van der Waals surface area contributed by atoms with E-state index >= 15 is 0 Å². The number of aromatic nitrogens is 2. The van der Waals surface area contributed by atoms with Gasteiger partial charge < -0.3 is 18.6 Å². The van der Waals surface area contributed by atoms with E-state index in [0.717, 1.165) is 19.4 Å². The third kappa shape index (κ3) is 2.55. The van der Waals surface area contributed by atoms with E-state index in [0.29, 0.717) is 35.5 Å². The maximum Gasteiger partial charge on any atom is 0.257 e. The molecule has 23 heavy (non-hydrogen) atoms. The molecule has 4 rings (SSSR count). The molecule has 0 bridgehead atoms. The minimum atomic E-state index is -0.131. The molecule has 2 aromatic rings. The van der Waals surface area contributed by atoms with Crippen molar-refractivity contribution < 1.29 is 18.5 Å². The second kappa shape index (κ2) is 5.49. The summed E-state index contributed by atoms with van der Waals surface area (Å²) in [5.41, 5.74) is 0.631. The third-order valence-electron chi connectivity index (χ3n) is 4.76. The zero-order chi connectivity index (χ0) is 16.0. The maximum atomic E-state index is 12.6. The average molecular weight is 317 g/mol. The fraction of sp³-hybridized carbons (Fsp3) is 0.562. The molecule has 2 saturated heterocycles. The van der Waals surface area contributed by atoms with Gasteiger partial charge in [-0.25, -0.2) is 0 Å². The lowest BCUT2D eigenvalue weighted by Gasteiger charge is -2.33. The highest BCUT2D eigenvalue weighted by Crippen LogP contribution is 2.40. The van der Waals surface area contributed by atoms with E-state index in [1.54, 1.807) is 26.2 Å². The molecule has 7 heteroatoms. The minimum absolute atomic E-state index is 0.0113. The van der Waals surface area contributed by atoms with Gasteiger partial charge in [0.25, 0.3) is 5.91 Å². The highest BCUT2D eigenvalue weighted by atomic mass is 16.5. The summed E-state index contributed by atoms with van der Waals surface area (Å²) in [6, 6.07) is 1.73. The lowest BCUT2D eigenvalue weighted by molar-refractivity contribution is -0.00752. The van der Waals surface area contributed by atoms with Gasteiger partial charge in [0.2, 0.25) is 11.7 Å². The fourth-order valence-electron chi connectivity index (χ4n) is 3.50. The Balaban J connectivity index is 1.45. The highest BCUT2D eigenvalue weighted by Gasteiger charge is 2.42. The number of aryl methyl sites for hydroxylation is 2. The van der Waals surface area contributed by atoms with E-state index in [2.05, 4.69) is 10.1 Å². The number of fused-ring (bicyclic) bond motifs is 1. The Kier molecular flexibility index (Phi) is 3.45. The predicted molar refractivity (Wildman–Crippen MR) is 78.7 cm³/mol. The molecule has 2 aliphatic rings. The molecule has 2 fully saturated rings. The first-order chi connectivity index (χ1) is 11.1. The van der Waals surface area contributed by atoms with Crippen LogP contribution in [-0.2, 0) is 4.74 Å². The minimum Gasteiger partial charge on any atom is -0.469 e. The van der Waals surface area contributed by atoms with E-state index in [4.69, 9.17) is 13.7 Å². The van der Waals surface area contributed by atoms with Gasteiger partial charge >= 0.3 is 0 Å². The summed E-state index contributed by atoms with van der Waals surface area (Å²) in [4.78, 5) is 18.7. The van der Waals surface area contributed by atoms with Crippen LogP contribution in [0.15, 0.2) is 21.3 Å². The summed E-state index contributed by atoms with van der Waals surface area (Å²) >= 11 is 0.